The minimum absolute atomic E-state index is 0.273. The zero-order valence-electron chi connectivity index (χ0n) is 17.8. The lowest BCUT2D eigenvalue weighted by Crippen LogP contribution is -2.24. The summed E-state index contributed by atoms with van der Waals surface area (Å²) < 4.78 is 16.4. The summed E-state index contributed by atoms with van der Waals surface area (Å²) in [6.07, 6.45) is 5.31. The predicted molar refractivity (Wildman–Crippen MR) is 117 cm³/mol. The van der Waals surface area contributed by atoms with Gasteiger partial charge in [0.15, 0.2) is 6.10 Å². The molecule has 30 heavy (non-hydrogen) atoms. The van der Waals surface area contributed by atoms with E-state index in [4.69, 9.17) is 14.2 Å². The average molecular weight is 411 g/mol. The van der Waals surface area contributed by atoms with Crippen LogP contribution in [0, 0.1) is 0 Å². The molecule has 0 aliphatic rings. The molecule has 1 atom stereocenters. The molecule has 1 unspecified atom stereocenters. The number of ether oxygens (including phenoxy) is 3. The van der Waals surface area contributed by atoms with Crippen LogP contribution in [0.1, 0.15) is 60.2 Å². The number of Topliss-reactive ketones (excluding diaryl/α,β-unsaturated/α-hetero) is 1. The van der Waals surface area contributed by atoms with Gasteiger partial charge in [-0.3, -0.25) is 4.79 Å². The predicted octanol–water partition coefficient (Wildman–Crippen LogP) is 5.64. The Kier molecular flexibility index (Phi) is 9.65. The van der Waals surface area contributed by atoms with E-state index in [0.29, 0.717) is 35.8 Å². The zero-order chi connectivity index (χ0) is 21.8. The maximum absolute atomic E-state index is 12.5. The van der Waals surface area contributed by atoms with E-state index in [1.165, 1.54) is 12.8 Å². The van der Waals surface area contributed by atoms with E-state index in [9.17, 15) is 9.59 Å². The fraction of sp³-hybridized carbons (Fsp3) is 0.360. The van der Waals surface area contributed by atoms with Crippen LogP contribution in [0.4, 0.5) is 0 Å². The van der Waals surface area contributed by atoms with Gasteiger partial charge in [-0.1, -0.05) is 38.8 Å². The van der Waals surface area contributed by atoms with Gasteiger partial charge in [0.25, 0.3) is 0 Å². The van der Waals surface area contributed by atoms with Crippen molar-refractivity contribution >= 4 is 11.8 Å². The minimum Gasteiger partial charge on any atom is -0.494 e. The molecular formula is C25H30O5. The van der Waals surface area contributed by atoms with Crippen molar-refractivity contribution in [1.82, 2.24) is 0 Å². The van der Waals surface area contributed by atoms with Crippen molar-refractivity contribution in [3.63, 3.8) is 0 Å². The second-order valence-corrected chi connectivity index (χ2v) is 6.97. The second-order valence-electron chi connectivity index (χ2n) is 6.97. The number of hydrogen-bond acceptors (Lipinski definition) is 5. The molecule has 5 nitrogen and oxygen atoms in total. The molecule has 0 amide bonds. The Labute approximate surface area is 178 Å². The van der Waals surface area contributed by atoms with Gasteiger partial charge in [-0.2, -0.15) is 0 Å². The van der Waals surface area contributed by atoms with Crippen LogP contribution >= 0.6 is 0 Å². The highest BCUT2D eigenvalue weighted by molar-refractivity contribution is 6.01. The first kappa shape index (κ1) is 23.2. The Balaban J connectivity index is 1.85. The van der Waals surface area contributed by atoms with Gasteiger partial charge in [-0.05, 0) is 61.9 Å². The molecule has 5 heteroatoms. The van der Waals surface area contributed by atoms with Gasteiger partial charge in [0, 0.05) is 5.56 Å². The smallest absolute Gasteiger partial charge is 0.338 e. The molecule has 0 saturated heterocycles. The van der Waals surface area contributed by atoms with Crippen LogP contribution in [0.3, 0.4) is 0 Å². The van der Waals surface area contributed by atoms with Gasteiger partial charge in [0.05, 0.1) is 12.2 Å². The van der Waals surface area contributed by atoms with E-state index in [0.717, 1.165) is 12.8 Å². The number of rotatable bonds is 13. The van der Waals surface area contributed by atoms with Crippen molar-refractivity contribution in [3.8, 4) is 11.5 Å². The van der Waals surface area contributed by atoms with Crippen molar-refractivity contribution in [2.45, 2.75) is 45.6 Å². The molecule has 2 aromatic rings. The molecular weight excluding hydrogens is 380 g/mol. The van der Waals surface area contributed by atoms with Crippen LogP contribution in [0.25, 0.3) is 0 Å². The lowest BCUT2D eigenvalue weighted by Gasteiger charge is -2.13. The summed E-state index contributed by atoms with van der Waals surface area (Å²) in [4.78, 5) is 24.9. The molecule has 2 rings (SSSR count). The molecule has 0 aromatic heterocycles. The van der Waals surface area contributed by atoms with Crippen molar-refractivity contribution < 1.29 is 23.8 Å². The molecule has 0 radical (unpaired) electrons. The summed E-state index contributed by atoms with van der Waals surface area (Å²) in [5.41, 5.74) is 0.828. The van der Waals surface area contributed by atoms with Gasteiger partial charge in [0.2, 0.25) is 5.78 Å². The topological polar surface area (TPSA) is 61.8 Å². The maximum Gasteiger partial charge on any atom is 0.338 e. The standard InChI is InChI=1S/C25H30O5/c1-4-6-7-8-18-29-23-15-11-21(12-16-23)25(27)30-19(3)24(26)20-9-13-22(14-10-20)28-17-5-2/h5,9-16,19H,2,4,6-8,17-18H2,1,3H3. The van der Waals surface area contributed by atoms with E-state index in [1.807, 2.05) is 0 Å². The second kappa shape index (κ2) is 12.5. The number of hydrogen-bond donors (Lipinski definition) is 0. The van der Waals surface area contributed by atoms with Crippen LogP contribution in [0.2, 0.25) is 0 Å². The van der Waals surface area contributed by atoms with Crippen LogP contribution in [-0.2, 0) is 4.74 Å². The third kappa shape index (κ3) is 7.39. The van der Waals surface area contributed by atoms with Crippen LogP contribution < -0.4 is 9.47 Å². The first-order valence-electron chi connectivity index (χ1n) is 10.4. The van der Waals surface area contributed by atoms with E-state index >= 15 is 0 Å². The van der Waals surface area contributed by atoms with Gasteiger partial charge in [-0.25, -0.2) is 4.79 Å². The third-order valence-electron chi connectivity index (χ3n) is 4.52. The van der Waals surface area contributed by atoms with Crippen LogP contribution in [0.5, 0.6) is 11.5 Å². The normalized spacial score (nSPS) is 11.4. The summed E-state index contributed by atoms with van der Waals surface area (Å²) in [6.45, 7) is 8.38. The Morgan fingerprint density at radius 1 is 0.900 bits per heavy atom. The van der Waals surface area contributed by atoms with E-state index < -0.39 is 12.1 Å². The molecule has 0 bridgehead atoms. The maximum atomic E-state index is 12.5. The number of benzene rings is 2. The largest absolute Gasteiger partial charge is 0.494 e. The van der Waals surface area contributed by atoms with Crippen molar-refractivity contribution in [2.75, 3.05) is 13.2 Å². The molecule has 0 spiro atoms. The highest BCUT2D eigenvalue weighted by Crippen LogP contribution is 2.17. The fourth-order valence-electron chi connectivity index (χ4n) is 2.79. The SMILES string of the molecule is C=CCOc1ccc(C(=O)C(C)OC(=O)c2ccc(OCCCCCC)cc2)cc1. The molecule has 160 valence electrons. The third-order valence-corrected chi connectivity index (χ3v) is 4.52. The van der Waals surface area contributed by atoms with E-state index in [1.54, 1.807) is 61.5 Å². The van der Waals surface area contributed by atoms with Gasteiger partial charge >= 0.3 is 5.97 Å². The summed E-state index contributed by atoms with van der Waals surface area (Å²) in [6, 6.07) is 13.5. The molecule has 0 heterocycles. The van der Waals surface area contributed by atoms with Crippen molar-refractivity contribution in [1.29, 1.82) is 0 Å². The molecule has 0 aliphatic carbocycles. The quantitative estimate of drug-likeness (QED) is 0.185. The number of ketones is 1. The number of unbranched alkanes of at least 4 members (excludes halogenated alkanes) is 3. The molecule has 0 fully saturated rings. The number of carbonyl (C=O) groups excluding carboxylic acids is 2. The average Bonchev–Trinajstić information content (AvgIpc) is 2.77. The van der Waals surface area contributed by atoms with Crippen LogP contribution in [-0.4, -0.2) is 31.1 Å². The van der Waals surface area contributed by atoms with Gasteiger partial charge in [-0.15, -0.1) is 0 Å². The highest BCUT2D eigenvalue weighted by Gasteiger charge is 2.20. The Morgan fingerprint density at radius 2 is 1.50 bits per heavy atom. The summed E-state index contributed by atoms with van der Waals surface area (Å²) in [5.74, 6) is 0.539. The van der Waals surface area contributed by atoms with E-state index in [-0.39, 0.29) is 5.78 Å². The lowest BCUT2D eigenvalue weighted by molar-refractivity contribution is 0.0318. The molecule has 0 N–H and O–H groups in total. The first-order valence-corrected chi connectivity index (χ1v) is 10.4. The fourth-order valence-corrected chi connectivity index (χ4v) is 2.79. The number of carbonyl (C=O) groups is 2. The molecule has 2 aromatic carbocycles. The lowest BCUT2D eigenvalue weighted by atomic mass is 10.1. The summed E-state index contributed by atoms with van der Waals surface area (Å²) >= 11 is 0. The molecule has 0 aliphatic heterocycles. The Hall–Kier alpha value is -3.08. The number of esters is 1. The summed E-state index contributed by atoms with van der Waals surface area (Å²) in [5, 5.41) is 0. The van der Waals surface area contributed by atoms with Gasteiger partial charge < -0.3 is 14.2 Å². The summed E-state index contributed by atoms with van der Waals surface area (Å²) in [7, 11) is 0. The van der Waals surface area contributed by atoms with Crippen molar-refractivity contribution in [2.24, 2.45) is 0 Å². The molecule has 0 saturated carbocycles. The van der Waals surface area contributed by atoms with Crippen LogP contribution in [0.15, 0.2) is 61.2 Å². The Bertz CT molecular complexity index is 808. The minimum atomic E-state index is -0.896. The monoisotopic (exact) mass is 410 g/mol. The highest BCUT2D eigenvalue weighted by atomic mass is 16.5. The van der Waals surface area contributed by atoms with Crippen molar-refractivity contribution in [3.05, 3.63) is 72.3 Å². The first-order chi connectivity index (χ1) is 14.5. The Morgan fingerprint density at radius 3 is 2.10 bits per heavy atom. The van der Waals surface area contributed by atoms with E-state index in [2.05, 4.69) is 13.5 Å². The van der Waals surface area contributed by atoms with Gasteiger partial charge in [0.1, 0.15) is 18.1 Å². The zero-order valence-corrected chi connectivity index (χ0v) is 17.8.